The number of piperidine rings is 1. The monoisotopic (exact) mass is 299 g/mol. The number of likely N-dealkylation sites (tertiary alicyclic amines) is 1. The summed E-state index contributed by atoms with van der Waals surface area (Å²) in [4.78, 5) is 15.5. The Morgan fingerprint density at radius 2 is 2.14 bits per heavy atom. The molecule has 6 nitrogen and oxygen atoms in total. The maximum Gasteiger partial charge on any atom is 0.150 e. The number of nitrogens with one attached hydrogen (secondary N) is 1. The molecule has 0 bridgehead atoms. The summed E-state index contributed by atoms with van der Waals surface area (Å²) in [5, 5.41) is 12.2. The highest BCUT2D eigenvalue weighted by Crippen LogP contribution is 2.25. The van der Waals surface area contributed by atoms with Crippen molar-refractivity contribution in [2.24, 2.45) is 0 Å². The van der Waals surface area contributed by atoms with E-state index in [4.69, 9.17) is 5.11 Å². The average molecular weight is 299 g/mol. The number of hydrogen-bond donors (Lipinski definition) is 2. The Hall–Kier alpha value is -2.05. The quantitative estimate of drug-likeness (QED) is 0.877. The first-order valence-corrected chi connectivity index (χ1v) is 7.68. The van der Waals surface area contributed by atoms with E-state index < -0.39 is 0 Å². The average Bonchev–Trinajstić information content (AvgIpc) is 2.57. The van der Waals surface area contributed by atoms with E-state index in [9.17, 15) is 0 Å². The third-order valence-corrected chi connectivity index (χ3v) is 3.93. The topological polar surface area (TPSA) is 74.2 Å². The zero-order chi connectivity index (χ0) is 15.2. The molecule has 1 aliphatic heterocycles. The van der Waals surface area contributed by atoms with Gasteiger partial charge in [0.25, 0.3) is 0 Å². The molecule has 1 aliphatic rings. The van der Waals surface area contributed by atoms with Crippen molar-refractivity contribution in [1.29, 1.82) is 0 Å². The maximum absolute atomic E-state index is 9.07. The summed E-state index contributed by atoms with van der Waals surface area (Å²) in [6.45, 7) is 2.96. The fraction of sp³-hybridized carbons (Fsp3) is 0.438. The Bertz CT molecular complexity index is 573. The number of aromatic nitrogens is 3. The highest BCUT2D eigenvalue weighted by atomic mass is 16.3. The molecule has 0 saturated carbocycles. The highest BCUT2D eigenvalue weighted by Gasteiger charge is 2.22. The first kappa shape index (κ1) is 14.9. The van der Waals surface area contributed by atoms with E-state index >= 15 is 0 Å². The summed E-state index contributed by atoms with van der Waals surface area (Å²) in [7, 11) is 0. The van der Waals surface area contributed by atoms with Crippen LogP contribution < -0.4 is 5.32 Å². The van der Waals surface area contributed by atoms with Gasteiger partial charge in [0, 0.05) is 25.2 Å². The van der Waals surface area contributed by atoms with Crippen LogP contribution in [-0.4, -0.2) is 51.2 Å². The van der Waals surface area contributed by atoms with E-state index in [1.807, 2.05) is 24.4 Å². The summed E-state index contributed by atoms with van der Waals surface area (Å²) >= 11 is 0. The number of rotatable bonds is 5. The van der Waals surface area contributed by atoms with Crippen LogP contribution in [0.25, 0.3) is 0 Å². The predicted octanol–water partition coefficient (Wildman–Crippen LogP) is 1.79. The van der Waals surface area contributed by atoms with Gasteiger partial charge in [-0.15, -0.1) is 0 Å². The fourth-order valence-corrected chi connectivity index (χ4v) is 2.82. The van der Waals surface area contributed by atoms with Crippen molar-refractivity contribution in [2.75, 3.05) is 31.6 Å². The normalized spacial score (nSPS) is 19.0. The molecule has 0 unspecified atom stereocenters. The van der Waals surface area contributed by atoms with Gasteiger partial charge in [-0.2, -0.15) is 0 Å². The molecule has 1 atom stereocenters. The lowest BCUT2D eigenvalue weighted by molar-refractivity contribution is 0.160. The molecule has 2 aromatic heterocycles. The van der Waals surface area contributed by atoms with Crippen LogP contribution in [0.5, 0.6) is 0 Å². The van der Waals surface area contributed by atoms with Gasteiger partial charge in [-0.25, -0.2) is 9.97 Å². The van der Waals surface area contributed by atoms with E-state index in [2.05, 4.69) is 25.2 Å². The Morgan fingerprint density at radius 1 is 1.18 bits per heavy atom. The Kier molecular flexibility index (Phi) is 4.92. The van der Waals surface area contributed by atoms with Crippen LogP contribution in [0.2, 0.25) is 0 Å². The van der Waals surface area contributed by atoms with Gasteiger partial charge in [-0.05, 0) is 31.5 Å². The van der Waals surface area contributed by atoms with Gasteiger partial charge >= 0.3 is 0 Å². The third kappa shape index (κ3) is 3.78. The number of pyridine rings is 1. The van der Waals surface area contributed by atoms with Gasteiger partial charge in [0.1, 0.15) is 11.6 Å². The summed E-state index contributed by atoms with van der Waals surface area (Å²) in [5.41, 5.74) is 1.02. The Labute approximate surface area is 130 Å². The smallest absolute Gasteiger partial charge is 0.150 e. The van der Waals surface area contributed by atoms with Gasteiger partial charge in [-0.1, -0.05) is 6.07 Å². The minimum atomic E-state index is 0.214. The molecule has 0 radical (unpaired) electrons. The van der Waals surface area contributed by atoms with Crippen molar-refractivity contribution in [1.82, 2.24) is 19.9 Å². The lowest BCUT2D eigenvalue weighted by atomic mass is 9.95. The van der Waals surface area contributed by atoms with Crippen molar-refractivity contribution in [2.45, 2.75) is 18.8 Å². The number of aliphatic hydroxyl groups excluding tert-OH is 1. The molecule has 0 aliphatic carbocycles. The second-order valence-electron chi connectivity index (χ2n) is 5.53. The number of aliphatic hydroxyl groups is 1. The number of β-amino-alcohol motifs (C(OH)–C–C–N with tert-alkyl or cyclic N) is 1. The van der Waals surface area contributed by atoms with Crippen LogP contribution in [0.15, 0.2) is 36.8 Å². The SMILES string of the molecule is OCCN1CCC[C@H](c2cnc(Nc3ccccn3)cn2)C1. The van der Waals surface area contributed by atoms with E-state index in [0.717, 1.165) is 44.0 Å². The molecule has 116 valence electrons. The molecule has 1 saturated heterocycles. The molecule has 2 N–H and O–H groups in total. The minimum absolute atomic E-state index is 0.214. The van der Waals surface area contributed by atoms with Gasteiger partial charge in [0.05, 0.1) is 24.7 Å². The van der Waals surface area contributed by atoms with E-state index in [1.165, 1.54) is 0 Å². The van der Waals surface area contributed by atoms with Crippen LogP contribution in [0.1, 0.15) is 24.5 Å². The summed E-state index contributed by atoms with van der Waals surface area (Å²) < 4.78 is 0. The zero-order valence-electron chi connectivity index (χ0n) is 12.5. The summed E-state index contributed by atoms with van der Waals surface area (Å²) in [5.74, 6) is 1.86. The van der Waals surface area contributed by atoms with E-state index in [0.29, 0.717) is 11.7 Å². The number of nitrogens with zero attached hydrogens (tertiary/aromatic N) is 4. The molecule has 0 aromatic carbocycles. The maximum atomic E-state index is 9.07. The molecule has 3 heterocycles. The minimum Gasteiger partial charge on any atom is -0.395 e. The molecule has 1 fully saturated rings. The van der Waals surface area contributed by atoms with Crippen molar-refractivity contribution < 1.29 is 5.11 Å². The predicted molar refractivity (Wildman–Crippen MR) is 85.1 cm³/mol. The third-order valence-electron chi connectivity index (χ3n) is 3.93. The number of hydrogen-bond acceptors (Lipinski definition) is 6. The molecular weight excluding hydrogens is 278 g/mol. The van der Waals surface area contributed by atoms with Crippen LogP contribution >= 0.6 is 0 Å². The number of anilines is 2. The molecular formula is C16H21N5O. The van der Waals surface area contributed by atoms with Crippen LogP contribution in [0.4, 0.5) is 11.6 Å². The molecule has 22 heavy (non-hydrogen) atoms. The van der Waals surface area contributed by atoms with Crippen LogP contribution in [0.3, 0.4) is 0 Å². The largest absolute Gasteiger partial charge is 0.395 e. The lowest BCUT2D eigenvalue weighted by Gasteiger charge is -2.31. The van der Waals surface area contributed by atoms with E-state index in [1.54, 1.807) is 12.4 Å². The molecule has 0 spiro atoms. The highest BCUT2D eigenvalue weighted by molar-refractivity contribution is 5.49. The van der Waals surface area contributed by atoms with Gasteiger partial charge in [0.2, 0.25) is 0 Å². The van der Waals surface area contributed by atoms with Crippen molar-refractivity contribution >= 4 is 11.6 Å². The molecule has 0 amide bonds. The van der Waals surface area contributed by atoms with Gasteiger partial charge in [-0.3, -0.25) is 4.98 Å². The van der Waals surface area contributed by atoms with E-state index in [-0.39, 0.29) is 6.61 Å². The Balaban J connectivity index is 1.63. The first-order valence-electron chi connectivity index (χ1n) is 7.68. The summed E-state index contributed by atoms with van der Waals surface area (Å²) in [6.07, 6.45) is 7.61. The molecule has 3 rings (SSSR count). The van der Waals surface area contributed by atoms with Crippen LogP contribution in [-0.2, 0) is 0 Å². The zero-order valence-corrected chi connectivity index (χ0v) is 12.5. The van der Waals surface area contributed by atoms with Gasteiger partial charge < -0.3 is 15.3 Å². The van der Waals surface area contributed by atoms with Crippen molar-refractivity contribution in [3.63, 3.8) is 0 Å². The molecule has 6 heteroatoms. The second kappa shape index (κ2) is 7.29. The Morgan fingerprint density at radius 3 is 2.86 bits per heavy atom. The molecule has 2 aromatic rings. The van der Waals surface area contributed by atoms with Gasteiger partial charge in [0.15, 0.2) is 0 Å². The standard InChI is InChI=1S/C16H21N5O/c22-9-8-21-7-3-4-13(12-21)14-10-19-16(11-18-14)20-15-5-1-2-6-17-15/h1-2,5-6,10-11,13,22H,3-4,7-9,12H2,(H,17,19,20)/t13-/m0/s1. The van der Waals surface area contributed by atoms with Crippen molar-refractivity contribution in [3.05, 3.63) is 42.5 Å². The van der Waals surface area contributed by atoms with Crippen LogP contribution in [0, 0.1) is 0 Å². The first-order chi connectivity index (χ1) is 10.8. The van der Waals surface area contributed by atoms with Crippen molar-refractivity contribution in [3.8, 4) is 0 Å². The fourth-order valence-electron chi connectivity index (χ4n) is 2.82. The lowest BCUT2D eigenvalue weighted by Crippen LogP contribution is -2.36. The summed E-state index contributed by atoms with van der Waals surface area (Å²) in [6, 6.07) is 5.69. The second-order valence-corrected chi connectivity index (χ2v) is 5.53.